The number of benzene rings is 1. The highest BCUT2D eigenvalue weighted by Crippen LogP contribution is 2.37. The normalized spacial score (nSPS) is 20.4. The lowest BCUT2D eigenvalue weighted by atomic mass is 10.0. The molecule has 1 unspecified atom stereocenters. The van der Waals surface area contributed by atoms with Crippen molar-refractivity contribution in [1.82, 2.24) is 0 Å². The van der Waals surface area contributed by atoms with E-state index < -0.39 is 0 Å². The van der Waals surface area contributed by atoms with Gasteiger partial charge in [0.05, 0.1) is 6.61 Å². The van der Waals surface area contributed by atoms with E-state index in [0.29, 0.717) is 18.3 Å². The van der Waals surface area contributed by atoms with Crippen molar-refractivity contribution in [3.8, 4) is 5.75 Å². The van der Waals surface area contributed by atoms with Crippen LogP contribution < -0.4 is 4.74 Å². The number of halogens is 2. The molecule has 1 heterocycles. The summed E-state index contributed by atoms with van der Waals surface area (Å²) < 4.78 is 19.2. The minimum absolute atomic E-state index is 0.216. The molecule has 1 atom stereocenters. The van der Waals surface area contributed by atoms with Crippen molar-refractivity contribution in [2.24, 2.45) is 0 Å². The van der Waals surface area contributed by atoms with Gasteiger partial charge in [-0.3, -0.25) is 0 Å². The first-order valence-electron chi connectivity index (χ1n) is 3.80. The Morgan fingerprint density at radius 2 is 2.33 bits per heavy atom. The van der Waals surface area contributed by atoms with Crippen molar-refractivity contribution < 1.29 is 9.13 Å². The number of ether oxygens (including phenoxy) is 1. The highest BCUT2D eigenvalue weighted by Gasteiger charge is 2.23. The third-order valence-electron chi connectivity index (χ3n) is 2.04. The van der Waals surface area contributed by atoms with Crippen LogP contribution in [0, 0.1) is 9.39 Å². The molecule has 0 saturated heterocycles. The Hall–Kier alpha value is -0.320. The third-order valence-corrected chi connectivity index (χ3v) is 2.93. The Bertz CT molecular complexity index is 325. The van der Waals surface area contributed by atoms with Crippen LogP contribution in [0.3, 0.4) is 0 Å². The van der Waals surface area contributed by atoms with Gasteiger partial charge >= 0.3 is 0 Å². The largest absolute Gasteiger partial charge is 0.493 e. The monoisotopic (exact) mass is 278 g/mol. The minimum Gasteiger partial charge on any atom is -0.493 e. The molecule has 0 amide bonds. The van der Waals surface area contributed by atoms with Gasteiger partial charge in [0.2, 0.25) is 0 Å². The lowest BCUT2D eigenvalue weighted by Gasteiger charge is -2.03. The van der Waals surface area contributed by atoms with Crippen LogP contribution in [0.15, 0.2) is 12.1 Å². The highest BCUT2D eigenvalue weighted by molar-refractivity contribution is 14.1. The molecule has 0 N–H and O–H groups in total. The Morgan fingerprint density at radius 3 is 3.08 bits per heavy atom. The van der Waals surface area contributed by atoms with E-state index in [1.807, 2.05) is 0 Å². The van der Waals surface area contributed by atoms with E-state index in [1.165, 1.54) is 6.07 Å². The molecule has 0 aromatic heterocycles. The van der Waals surface area contributed by atoms with Crippen molar-refractivity contribution in [1.29, 1.82) is 0 Å². The zero-order chi connectivity index (χ0) is 8.72. The summed E-state index contributed by atoms with van der Waals surface area (Å²) in [5.74, 6) is 0.895. The van der Waals surface area contributed by atoms with Crippen LogP contribution in [0.25, 0.3) is 0 Å². The summed E-state index contributed by atoms with van der Waals surface area (Å²) in [6, 6.07) is 3.01. The van der Waals surface area contributed by atoms with Gasteiger partial charge in [-0.1, -0.05) is 6.92 Å². The molecule has 0 aliphatic carbocycles. The van der Waals surface area contributed by atoms with Gasteiger partial charge in [0.25, 0.3) is 0 Å². The van der Waals surface area contributed by atoms with Crippen LogP contribution in [0.4, 0.5) is 4.39 Å². The molecule has 1 aliphatic rings. The molecule has 0 spiro atoms. The summed E-state index contributed by atoms with van der Waals surface area (Å²) in [7, 11) is 0. The SMILES string of the molecule is CC1COc2cc(F)cc(I)c21. The zero-order valence-electron chi connectivity index (χ0n) is 6.60. The summed E-state index contributed by atoms with van der Waals surface area (Å²) in [4.78, 5) is 0. The molecule has 0 saturated carbocycles. The Balaban J connectivity index is 2.60. The van der Waals surface area contributed by atoms with Gasteiger partial charge < -0.3 is 4.74 Å². The van der Waals surface area contributed by atoms with E-state index in [0.717, 1.165) is 9.13 Å². The second kappa shape index (κ2) is 2.87. The molecule has 2 rings (SSSR count). The summed E-state index contributed by atoms with van der Waals surface area (Å²) in [6.07, 6.45) is 0. The lowest BCUT2D eigenvalue weighted by Crippen LogP contribution is -1.94. The van der Waals surface area contributed by atoms with Gasteiger partial charge in [-0.25, -0.2) is 4.39 Å². The maximum absolute atomic E-state index is 12.9. The number of hydrogen-bond donors (Lipinski definition) is 0. The maximum atomic E-state index is 12.9. The average molecular weight is 278 g/mol. The fourth-order valence-electron chi connectivity index (χ4n) is 1.46. The number of rotatable bonds is 0. The maximum Gasteiger partial charge on any atom is 0.127 e. The van der Waals surface area contributed by atoms with Crippen molar-refractivity contribution in [3.05, 3.63) is 27.1 Å². The second-order valence-corrected chi connectivity index (χ2v) is 4.17. The smallest absolute Gasteiger partial charge is 0.127 e. The van der Waals surface area contributed by atoms with Crippen molar-refractivity contribution in [2.75, 3.05) is 6.61 Å². The molecular formula is C9H8FIO. The topological polar surface area (TPSA) is 9.23 Å². The minimum atomic E-state index is -0.216. The van der Waals surface area contributed by atoms with Gasteiger partial charge in [0, 0.05) is 21.1 Å². The van der Waals surface area contributed by atoms with E-state index in [9.17, 15) is 4.39 Å². The predicted octanol–water partition coefficient (Wildman–Crippen LogP) is 2.93. The highest BCUT2D eigenvalue weighted by atomic mass is 127. The molecule has 3 heteroatoms. The van der Waals surface area contributed by atoms with Crippen LogP contribution in [-0.4, -0.2) is 6.61 Å². The molecule has 1 aliphatic heterocycles. The Morgan fingerprint density at radius 1 is 1.58 bits per heavy atom. The predicted molar refractivity (Wildman–Crippen MR) is 53.0 cm³/mol. The summed E-state index contributed by atoms with van der Waals surface area (Å²) >= 11 is 2.15. The molecule has 0 bridgehead atoms. The average Bonchev–Trinajstić information content (AvgIpc) is 2.31. The Kier molecular flexibility index (Phi) is 1.98. The molecule has 64 valence electrons. The molecule has 1 aromatic rings. The van der Waals surface area contributed by atoms with E-state index in [1.54, 1.807) is 6.07 Å². The fraction of sp³-hybridized carbons (Fsp3) is 0.333. The van der Waals surface area contributed by atoms with E-state index in [-0.39, 0.29) is 5.82 Å². The summed E-state index contributed by atoms with van der Waals surface area (Å²) in [6.45, 7) is 2.76. The second-order valence-electron chi connectivity index (χ2n) is 3.01. The first-order valence-corrected chi connectivity index (χ1v) is 4.88. The van der Waals surface area contributed by atoms with Gasteiger partial charge in [0.15, 0.2) is 0 Å². The van der Waals surface area contributed by atoms with Crippen molar-refractivity contribution >= 4 is 22.6 Å². The van der Waals surface area contributed by atoms with Crippen molar-refractivity contribution in [3.63, 3.8) is 0 Å². The molecule has 1 nitrogen and oxygen atoms in total. The third kappa shape index (κ3) is 1.20. The van der Waals surface area contributed by atoms with Gasteiger partial charge in [-0.05, 0) is 28.7 Å². The van der Waals surface area contributed by atoms with E-state index in [4.69, 9.17) is 4.74 Å². The lowest BCUT2D eigenvalue weighted by molar-refractivity contribution is 0.336. The van der Waals surface area contributed by atoms with Crippen molar-refractivity contribution in [2.45, 2.75) is 12.8 Å². The number of hydrogen-bond acceptors (Lipinski definition) is 1. The van der Waals surface area contributed by atoms with Crippen LogP contribution in [-0.2, 0) is 0 Å². The van der Waals surface area contributed by atoms with Crippen LogP contribution in [0.5, 0.6) is 5.75 Å². The quantitative estimate of drug-likeness (QED) is 0.663. The van der Waals surface area contributed by atoms with Crippen LogP contribution in [0.1, 0.15) is 18.4 Å². The zero-order valence-corrected chi connectivity index (χ0v) is 8.76. The molecule has 0 radical (unpaired) electrons. The van der Waals surface area contributed by atoms with Gasteiger partial charge in [-0.2, -0.15) is 0 Å². The molecular weight excluding hydrogens is 270 g/mol. The fourth-order valence-corrected chi connectivity index (χ4v) is 2.55. The van der Waals surface area contributed by atoms with E-state index in [2.05, 4.69) is 29.5 Å². The summed E-state index contributed by atoms with van der Waals surface area (Å²) in [5.41, 5.74) is 1.15. The number of fused-ring (bicyclic) bond motifs is 1. The van der Waals surface area contributed by atoms with Gasteiger partial charge in [0.1, 0.15) is 11.6 Å². The molecule has 12 heavy (non-hydrogen) atoms. The summed E-state index contributed by atoms with van der Waals surface area (Å²) in [5, 5.41) is 0. The van der Waals surface area contributed by atoms with Gasteiger partial charge in [-0.15, -0.1) is 0 Å². The van der Waals surface area contributed by atoms with Crippen LogP contribution in [0.2, 0.25) is 0 Å². The standard InChI is InChI=1S/C9H8FIO/c1-5-4-12-8-3-6(10)2-7(11)9(5)8/h2-3,5H,4H2,1H3. The van der Waals surface area contributed by atoms with Crippen LogP contribution >= 0.6 is 22.6 Å². The molecule has 1 aromatic carbocycles. The first kappa shape index (κ1) is 8.29. The first-order chi connectivity index (χ1) is 5.68. The Labute approximate surface area is 84.1 Å². The van der Waals surface area contributed by atoms with E-state index >= 15 is 0 Å². The molecule has 0 fully saturated rings.